The van der Waals surface area contributed by atoms with Crippen LogP contribution in [0.2, 0.25) is 0 Å². The van der Waals surface area contributed by atoms with Gasteiger partial charge in [-0.2, -0.15) is 0 Å². The topological polar surface area (TPSA) is 18.5 Å². The van der Waals surface area contributed by atoms with Crippen LogP contribution in [0.1, 0.15) is 6.92 Å². The van der Waals surface area contributed by atoms with Gasteiger partial charge < -0.3 is 15.1 Å². The Hall–Kier alpha value is -0.120. The smallest absolute Gasteiger partial charge is 0.0106 e. The fourth-order valence-corrected chi connectivity index (χ4v) is 1.97. The van der Waals surface area contributed by atoms with Crippen molar-refractivity contribution in [2.24, 2.45) is 11.8 Å². The molecule has 0 saturated carbocycles. The molecule has 1 aliphatic rings. The predicted octanol–water partition coefficient (Wildman–Crippen LogP) is 0.335. The van der Waals surface area contributed by atoms with E-state index in [0.29, 0.717) is 0 Å². The summed E-state index contributed by atoms with van der Waals surface area (Å²) >= 11 is 0. The maximum atomic E-state index is 3.46. The first-order valence-corrected chi connectivity index (χ1v) is 5.63. The highest BCUT2D eigenvalue weighted by Gasteiger charge is 2.23. The van der Waals surface area contributed by atoms with Crippen molar-refractivity contribution in [1.29, 1.82) is 0 Å². The molecule has 0 spiro atoms. The summed E-state index contributed by atoms with van der Waals surface area (Å²) in [5.74, 6) is 1.69. The Labute approximate surface area is 88.5 Å². The van der Waals surface area contributed by atoms with Crippen LogP contribution in [-0.4, -0.2) is 63.7 Å². The Bertz CT molecular complexity index is 159. The molecule has 1 heterocycles. The molecular formula is C11H25N3. The van der Waals surface area contributed by atoms with E-state index in [1.807, 2.05) is 0 Å². The number of nitrogens with zero attached hydrogens (tertiary/aromatic N) is 2. The lowest BCUT2D eigenvalue weighted by atomic mass is 9.98. The number of hydrogen-bond acceptors (Lipinski definition) is 3. The molecule has 0 radical (unpaired) electrons. The molecule has 0 bridgehead atoms. The van der Waals surface area contributed by atoms with E-state index in [1.165, 1.54) is 26.2 Å². The van der Waals surface area contributed by atoms with E-state index < -0.39 is 0 Å². The van der Waals surface area contributed by atoms with Gasteiger partial charge in [0.05, 0.1) is 0 Å². The van der Waals surface area contributed by atoms with Gasteiger partial charge >= 0.3 is 0 Å². The zero-order chi connectivity index (χ0) is 10.6. The van der Waals surface area contributed by atoms with E-state index in [0.717, 1.165) is 18.4 Å². The van der Waals surface area contributed by atoms with Gasteiger partial charge in [-0.15, -0.1) is 0 Å². The molecule has 3 heteroatoms. The van der Waals surface area contributed by atoms with E-state index in [-0.39, 0.29) is 0 Å². The van der Waals surface area contributed by atoms with Gasteiger partial charge in [0.25, 0.3) is 0 Å². The molecule has 2 unspecified atom stereocenters. The number of likely N-dealkylation sites (N-methyl/N-ethyl adjacent to an activating group) is 2. The van der Waals surface area contributed by atoms with Gasteiger partial charge in [0.15, 0.2) is 0 Å². The lowest BCUT2D eigenvalue weighted by Gasteiger charge is -2.24. The normalized spacial score (nSPS) is 27.9. The van der Waals surface area contributed by atoms with Crippen LogP contribution in [0.3, 0.4) is 0 Å². The number of hydrogen-bond donors (Lipinski definition) is 1. The first-order chi connectivity index (χ1) is 6.59. The van der Waals surface area contributed by atoms with Crippen molar-refractivity contribution >= 4 is 0 Å². The summed E-state index contributed by atoms with van der Waals surface area (Å²) < 4.78 is 0. The first-order valence-electron chi connectivity index (χ1n) is 5.63. The van der Waals surface area contributed by atoms with Gasteiger partial charge in [-0.05, 0) is 46.1 Å². The highest BCUT2D eigenvalue weighted by molar-refractivity contribution is 4.79. The van der Waals surface area contributed by atoms with Crippen LogP contribution in [-0.2, 0) is 0 Å². The Morgan fingerprint density at radius 2 is 1.86 bits per heavy atom. The molecule has 0 aromatic rings. The summed E-state index contributed by atoms with van der Waals surface area (Å²) in [5.41, 5.74) is 0. The Kier molecular flexibility index (Phi) is 4.85. The molecule has 3 nitrogen and oxygen atoms in total. The van der Waals surface area contributed by atoms with Crippen LogP contribution in [0.4, 0.5) is 0 Å². The van der Waals surface area contributed by atoms with Gasteiger partial charge in [-0.3, -0.25) is 0 Å². The molecule has 0 aromatic heterocycles. The highest BCUT2D eigenvalue weighted by atomic mass is 15.2. The monoisotopic (exact) mass is 199 g/mol. The lowest BCUT2D eigenvalue weighted by Crippen LogP contribution is -2.34. The second-order valence-electron chi connectivity index (χ2n) is 4.96. The second kappa shape index (κ2) is 5.69. The van der Waals surface area contributed by atoms with Crippen molar-refractivity contribution < 1.29 is 0 Å². The summed E-state index contributed by atoms with van der Waals surface area (Å²) in [6.45, 7) is 8.33. The average Bonchev–Trinajstić information content (AvgIpc) is 2.49. The summed E-state index contributed by atoms with van der Waals surface area (Å²) in [6, 6.07) is 0. The molecule has 2 atom stereocenters. The van der Waals surface area contributed by atoms with Gasteiger partial charge in [0.2, 0.25) is 0 Å². The third-order valence-electron chi connectivity index (χ3n) is 3.15. The molecule has 1 rings (SSSR count). The first kappa shape index (κ1) is 12.0. The zero-order valence-electron chi connectivity index (χ0n) is 10.1. The molecular weight excluding hydrogens is 174 g/mol. The fraction of sp³-hybridized carbons (Fsp3) is 1.00. The van der Waals surface area contributed by atoms with Gasteiger partial charge in [-0.1, -0.05) is 6.92 Å². The highest BCUT2D eigenvalue weighted by Crippen LogP contribution is 2.16. The summed E-state index contributed by atoms with van der Waals surface area (Å²) in [7, 11) is 6.50. The predicted molar refractivity (Wildman–Crippen MR) is 61.6 cm³/mol. The number of nitrogens with one attached hydrogen (secondary N) is 1. The summed E-state index contributed by atoms with van der Waals surface area (Å²) in [6.07, 6.45) is 0. The van der Waals surface area contributed by atoms with E-state index >= 15 is 0 Å². The summed E-state index contributed by atoms with van der Waals surface area (Å²) in [4.78, 5) is 4.70. The average molecular weight is 199 g/mol. The Morgan fingerprint density at radius 3 is 2.36 bits per heavy atom. The fourth-order valence-electron chi connectivity index (χ4n) is 1.97. The van der Waals surface area contributed by atoms with Crippen molar-refractivity contribution in [3.8, 4) is 0 Å². The van der Waals surface area contributed by atoms with Crippen LogP contribution in [0.15, 0.2) is 0 Å². The number of rotatable bonds is 5. The van der Waals surface area contributed by atoms with Crippen LogP contribution in [0.5, 0.6) is 0 Å². The molecule has 0 amide bonds. The van der Waals surface area contributed by atoms with Crippen molar-refractivity contribution in [3.05, 3.63) is 0 Å². The van der Waals surface area contributed by atoms with Gasteiger partial charge in [-0.25, -0.2) is 0 Å². The Balaban J connectivity index is 2.16. The minimum absolute atomic E-state index is 0.844. The lowest BCUT2D eigenvalue weighted by molar-refractivity contribution is 0.234. The van der Waals surface area contributed by atoms with Gasteiger partial charge in [0.1, 0.15) is 0 Å². The third kappa shape index (κ3) is 3.95. The van der Waals surface area contributed by atoms with Crippen molar-refractivity contribution in [1.82, 2.24) is 15.1 Å². The molecule has 84 valence electrons. The molecule has 0 aromatic carbocycles. The van der Waals surface area contributed by atoms with E-state index in [2.05, 4.69) is 43.2 Å². The third-order valence-corrected chi connectivity index (χ3v) is 3.15. The zero-order valence-corrected chi connectivity index (χ0v) is 10.1. The van der Waals surface area contributed by atoms with Crippen molar-refractivity contribution in [2.75, 3.05) is 53.9 Å². The molecule has 1 fully saturated rings. The molecule has 1 saturated heterocycles. The maximum absolute atomic E-state index is 3.46. The maximum Gasteiger partial charge on any atom is 0.0106 e. The standard InChI is InChI=1S/C11H25N3/c1-10-7-12-8-11(10)9-14(4)6-5-13(2)3/h10-12H,5-9H2,1-4H3. The van der Waals surface area contributed by atoms with Crippen LogP contribution >= 0.6 is 0 Å². The van der Waals surface area contributed by atoms with Gasteiger partial charge in [0, 0.05) is 19.6 Å². The largest absolute Gasteiger partial charge is 0.316 e. The SMILES string of the molecule is CC1CNCC1CN(C)CCN(C)C. The van der Waals surface area contributed by atoms with E-state index in [4.69, 9.17) is 0 Å². The van der Waals surface area contributed by atoms with E-state index in [9.17, 15) is 0 Å². The minimum Gasteiger partial charge on any atom is -0.316 e. The molecule has 1 N–H and O–H groups in total. The second-order valence-corrected chi connectivity index (χ2v) is 4.96. The van der Waals surface area contributed by atoms with Crippen molar-refractivity contribution in [3.63, 3.8) is 0 Å². The molecule has 0 aliphatic carbocycles. The Morgan fingerprint density at radius 1 is 1.14 bits per heavy atom. The van der Waals surface area contributed by atoms with E-state index in [1.54, 1.807) is 0 Å². The molecule has 1 aliphatic heterocycles. The van der Waals surface area contributed by atoms with Crippen molar-refractivity contribution in [2.45, 2.75) is 6.92 Å². The molecule has 14 heavy (non-hydrogen) atoms. The summed E-state index contributed by atoms with van der Waals surface area (Å²) in [5, 5.41) is 3.46. The van der Waals surface area contributed by atoms with Crippen LogP contribution in [0, 0.1) is 11.8 Å². The minimum atomic E-state index is 0.844. The van der Waals surface area contributed by atoms with Crippen LogP contribution < -0.4 is 5.32 Å². The quantitative estimate of drug-likeness (QED) is 0.689. The van der Waals surface area contributed by atoms with Crippen LogP contribution in [0.25, 0.3) is 0 Å².